The number of benzene rings is 2. The lowest BCUT2D eigenvalue weighted by molar-refractivity contribution is 0.460. The highest BCUT2D eigenvalue weighted by molar-refractivity contribution is 5.75. The SMILES string of the molecule is CCC(C)n1ncn(-c2ccc(-c3ccc(O)cc3)cc2N2CCNCC2)c1=O. The summed E-state index contributed by atoms with van der Waals surface area (Å²) in [5.74, 6) is 0.247. The van der Waals surface area contributed by atoms with Crippen LogP contribution in [0.4, 0.5) is 5.69 Å². The van der Waals surface area contributed by atoms with Gasteiger partial charge in [0.1, 0.15) is 12.1 Å². The molecule has 2 aromatic carbocycles. The fourth-order valence-electron chi connectivity index (χ4n) is 3.68. The number of nitrogens with zero attached hydrogens (tertiary/aromatic N) is 4. The topological polar surface area (TPSA) is 75.3 Å². The second-order valence-electron chi connectivity index (χ2n) is 7.47. The first-order chi connectivity index (χ1) is 14.1. The molecule has 1 atom stereocenters. The third kappa shape index (κ3) is 3.78. The number of nitrogens with one attached hydrogen (secondary N) is 1. The maximum atomic E-state index is 13.0. The molecular formula is C22H27N5O2. The smallest absolute Gasteiger partial charge is 0.350 e. The van der Waals surface area contributed by atoms with Gasteiger partial charge in [0.2, 0.25) is 0 Å². The number of piperazine rings is 1. The number of anilines is 1. The van der Waals surface area contributed by atoms with Gasteiger partial charge in [0.05, 0.1) is 17.4 Å². The van der Waals surface area contributed by atoms with E-state index >= 15 is 0 Å². The summed E-state index contributed by atoms with van der Waals surface area (Å²) < 4.78 is 3.19. The summed E-state index contributed by atoms with van der Waals surface area (Å²) in [7, 11) is 0. The van der Waals surface area contributed by atoms with Crippen LogP contribution in [0.25, 0.3) is 16.8 Å². The zero-order valence-electron chi connectivity index (χ0n) is 16.9. The monoisotopic (exact) mass is 393 g/mol. The Kier molecular flexibility index (Phi) is 5.40. The predicted molar refractivity (Wildman–Crippen MR) is 115 cm³/mol. The van der Waals surface area contributed by atoms with Gasteiger partial charge >= 0.3 is 5.69 Å². The number of phenols is 1. The van der Waals surface area contributed by atoms with Crippen molar-refractivity contribution in [2.75, 3.05) is 31.1 Å². The number of phenolic OH excluding ortho intramolecular Hbond substituents is 1. The molecule has 7 heteroatoms. The van der Waals surface area contributed by atoms with Crippen LogP contribution < -0.4 is 15.9 Å². The molecule has 3 aromatic rings. The number of rotatable bonds is 5. The maximum Gasteiger partial charge on any atom is 0.350 e. The minimum absolute atomic E-state index is 0.0580. The Bertz CT molecular complexity index is 1030. The normalized spacial score (nSPS) is 15.4. The van der Waals surface area contributed by atoms with Crippen molar-refractivity contribution in [3.05, 3.63) is 59.3 Å². The summed E-state index contributed by atoms with van der Waals surface area (Å²) in [6.45, 7) is 7.62. The van der Waals surface area contributed by atoms with Gasteiger partial charge in [-0.2, -0.15) is 5.10 Å². The van der Waals surface area contributed by atoms with Crippen molar-refractivity contribution in [3.8, 4) is 22.6 Å². The van der Waals surface area contributed by atoms with Crippen LogP contribution in [0.5, 0.6) is 5.75 Å². The van der Waals surface area contributed by atoms with Crippen molar-refractivity contribution in [2.24, 2.45) is 0 Å². The average molecular weight is 393 g/mol. The predicted octanol–water partition coefficient (Wildman–Crippen LogP) is 2.79. The minimum atomic E-state index is -0.117. The van der Waals surface area contributed by atoms with E-state index in [1.807, 2.05) is 31.2 Å². The zero-order valence-corrected chi connectivity index (χ0v) is 16.9. The third-order valence-corrected chi connectivity index (χ3v) is 5.60. The van der Waals surface area contributed by atoms with Crippen LogP contribution in [0, 0.1) is 0 Å². The molecule has 4 rings (SSSR count). The largest absolute Gasteiger partial charge is 0.508 e. The van der Waals surface area contributed by atoms with E-state index in [2.05, 4.69) is 28.3 Å². The summed E-state index contributed by atoms with van der Waals surface area (Å²) in [5.41, 5.74) is 3.81. The van der Waals surface area contributed by atoms with Crippen LogP contribution >= 0.6 is 0 Å². The molecule has 1 saturated heterocycles. The molecule has 0 bridgehead atoms. The van der Waals surface area contributed by atoms with Gasteiger partial charge in [-0.3, -0.25) is 0 Å². The molecule has 0 amide bonds. The summed E-state index contributed by atoms with van der Waals surface area (Å²) in [6.07, 6.45) is 2.47. The van der Waals surface area contributed by atoms with Crippen LogP contribution in [0.1, 0.15) is 26.3 Å². The van der Waals surface area contributed by atoms with E-state index in [0.29, 0.717) is 0 Å². The number of aromatic hydroxyl groups is 1. The van der Waals surface area contributed by atoms with Crippen molar-refractivity contribution in [1.29, 1.82) is 0 Å². The average Bonchev–Trinajstić information content (AvgIpc) is 3.15. The van der Waals surface area contributed by atoms with E-state index in [1.54, 1.807) is 27.7 Å². The third-order valence-electron chi connectivity index (χ3n) is 5.60. The summed E-state index contributed by atoms with van der Waals surface area (Å²) in [5, 5.41) is 17.3. The zero-order chi connectivity index (χ0) is 20.4. The Labute approximate surface area is 170 Å². The number of hydrogen-bond donors (Lipinski definition) is 2. The fourth-order valence-corrected chi connectivity index (χ4v) is 3.68. The lowest BCUT2D eigenvalue weighted by atomic mass is 10.0. The molecule has 1 aromatic heterocycles. The number of aromatic nitrogens is 3. The van der Waals surface area contributed by atoms with Gasteiger partial charge in [-0.1, -0.05) is 25.1 Å². The highest BCUT2D eigenvalue weighted by Gasteiger charge is 2.19. The molecule has 1 aliphatic rings. The Morgan fingerprint density at radius 3 is 2.45 bits per heavy atom. The molecule has 2 N–H and O–H groups in total. The van der Waals surface area contributed by atoms with Crippen LogP contribution in [0.2, 0.25) is 0 Å². The van der Waals surface area contributed by atoms with E-state index in [4.69, 9.17) is 0 Å². The van der Waals surface area contributed by atoms with Gasteiger partial charge in [-0.25, -0.2) is 14.0 Å². The van der Waals surface area contributed by atoms with Gasteiger partial charge in [-0.15, -0.1) is 0 Å². The highest BCUT2D eigenvalue weighted by atomic mass is 16.3. The van der Waals surface area contributed by atoms with Gasteiger partial charge in [0.15, 0.2) is 0 Å². The Morgan fingerprint density at radius 2 is 1.76 bits per heavy atom. The molecule has 0 radical (unpaired) electrons. The van der Waals surface area contributed by atoms with Gasteiger partial charge < -0.3 is 15.3 Å². The second kappa shape index (κ2) is 8.13. The van der Waals surface area contributed by atoms with E-state index in [1.165, 1.54) is 0 Å². The van der Waals surface area contributed by atoms with Crippen molar-refractivity contribution >= 4 is 5.69 Å². The highest BCUT2D eigenvalue weighted by Crippen LogP contribution is 2.31. The quantitative estimate of drug-likeness (QED) is 0.697. The lowest BCUT2D eigenvalue weighted by Crippen LogP contribution is -2.44. The molecule has 1 fully saturated rings. The second-order valence-corrected chi connectivity index (χ2v) is 7.47. The van der Waals surface area contributed by atoms with Crippen LogP contribution in [0.3, 0.4) is 0 Å². The Balaban J connectivity index is 1.82. The molecule has 0 saturated carbocycles. The molecule has 0 aliphatic carbocycles. The number of hydrogen-bond acceptors (Lipinski definition) is 5. The first-order valence-electron chi connectivity index (χ1n) is 10.1. The van der Waals surface area contributed by atoms with Crippen molar-refractivity contribution in [1.82, 2.24) is 19.7 Å². The molecule has 152 valence electrons. The maximum absolute atomic E-state index is 13.0. The summed E-state index contributed by atoms with van der Waals surface area (Å²) >= 11 is 0. The van der Waals surface area contributed by atoms with E-state index in [-0.39, 0.29) is 17.5 Å². The van der Waals surface area contributed by atoms with E-state index in [9.17, 15) is 9.90 Å². The van der Waals surface area contributed by atoms with Gasteiger partial charge in [-0.05, 0) is 48.7 Å². The van der Waals surface area contributed by atoms with Gasteiger partial charge in [0, 0.05) is 26.2 Å². The lowest BCUT2D eigenvalue weighted by Gasteiger charge is -2.31. The minimum Gasteiger partial charge on any atom is -0.508 e. The standard InChI is InChI=1S/C22H27N5O2/c1-3-16(2)27-22(29)26(15-24-27)20-9-6-18(17-4-7-19(28)8-5-17)14-21(20)25-12-10-23-11-13-25/h4-9,14-16,23,28H,3,10-13H2,1-2H3. The molecule has 0 spiro atoms. The molecule has 1 unspecified atom stereocenters. The first kappa shape index (κ1) is 19.3. The van der Waals surface area contributed by atoms with E-state index in [0.717, 1.165) is 55.1 Å². The summed E-state index contributed by atoms with van der Waals surface area (Å²) in [6, 6.07) is 13.4. The molecule has 7 nitrogen and oxygen atoms in total. The molecule has 1 aliphatic heterocycles. The van der Waals surface area contributed by atoms with Crippen LogP contribution in [-0.4, -0.2) is 45.6 Å². The molecule has 2 heterocycles. The van der Waals surface area contributed by atoms with Gasteiger partial charge in [0.25, 0.3) is 0 Å². The molecule has 29 heavy (non-hydrogen) atoms. The van der Waals surface area contributed by atoms with Crippen molar-refractivity contribution in [2.45, 2.75) is 26.3 Å². The fraction of sp³-hybridized carbons (Fsp3) is 0.364. The molecular weight excluding hydrogens is 366 g/mol. The Morgan fingerprint density at radius 1 is 1.07 bits per heavy atom. The summed E-state index contributed by atoms with van der Waals surface area (Å²) in [4.78, 5) is 15.3. The first-order valence-corrected chi connectivity index (χ1v) is 10.1. The van der Waals surface area contributed by atoms with Crippen LogP contribution in [-0.2, 0) is 0 Å². The Hall–Kier alpha value is -3.06. The van der Waals surface area contributed by atoms with Crippen LogP contribution in [0.15, 0.2) is 53.6 Å². The van der Waals surface area contributed by atoms with E-state index < -0.39 is 0 Å². The van der Waals surface area contributed by atoms with Crippen molar-refractivity contribution in [3.63, 3.8) is 0 Å². The van der Waals surface area contributed by atoms with Crippen molar-refractivity contribution < 1.29 is 5.11 Å².